The highest BCUT2D eigenvalue weighted by Gasteiger charge is 2.00. The fourth-order valence-electron chi connectivity index (χ4n) is 1.42. The molecule has 0 aliphatic carbocycles. The third kappa shape index (κ3) is 9.32. The molecule has 0 spiro atoms. The Kier molecular flexibility index (Phi) is 9.07. The van der Waals surface area contributed by atoms with Gasteiger partial charge in [-0.2, -0.15) is 0 Å². The zero-order valence-electron chi connectivity index (χ0n) is 8.88. The standard InChI is InChI=1S/C12H21O/c1-3-4-5-6-9-12(2)10-7-8-11-13/h3-4,12H,5-10H2,1-2H3. The molecule has 0 heterocycles. The topological polar surface area (TPSA) is 17.1 Å². The molecule has 0 amide bonds. The first kappa shape index (κ1) is 12.4. The van der Waals surface area contributed by atoms with E-state index in [4.69, 9.17) is 0 Å². The minimum Gasteiger partial charge on any atom is -0.291 e. The van der Waals surface area contributed by atoms with Crippen molar-refractivity contribution < 1.29 is 4.79 Å². The van der Waals surface area contributed by atoms with E-state index < -0.39 is 0 Å². The molecule has 0 aliphatic rings. The molecular formula is C12H21O. The minimum atomic E-state index is 0.610. The van der Waals surface area contributed by atoms with Crippen LogP contribution < -0.4 is 0 Å². The van der Waals surface area contributed by atoms with Crippen LogP contribution in [0.2, 0.25) is 0 Å². The second-order valence-corrected chi connectivity index (χ2v) is 3.64. The highest BCUT2D eigenvalue weighted by molar-refractivity contribution is 5.50. The molecule has 1 unspecified atom stereocenters. The van der Waals surface area contributed by atoms with Gasteiger partial charge in [0.1, 0.15) is 0 Å². The fourth-order valence-corrected chi connectivity index (χ4v) is 1.42. The summed E-state index contributed by atoms with van der Waals surface area (Å²) in [7, 11) is 0. The number of carbonyl (C=O) groups excluding carboxylic acids is 1. The van der Waals surface area contributed by atoms with Gasteiger partial charge in [-0.1, -0.05) is 31.9 Å². The molecule has 0 aliphatic heterocycles. The molecule has 0 rings (SSSR count). The second-order valence-electron chi connectivity index (χ2n) is 3.64. The van der Waals surface area contributed by atoms with Crippen molar-refractivity contribution in [2.24, 2.45) is 5.92 Å². The minimum absolute atomic E-state index is 0.610. The first-order valence-corrected chi connectivity index (χ1v) is 5.27. The third-order valence-corrected chi connectivity index (χ3v) is 2.28. The van der Waals surface area contributed by atoms with Crippen molar-refractivity contribution in [1.29, 1.82) is 0 Å². The molecule has 75 valence electrons. The summed E-state index contributed by atoms with van der Waals surface area (Å²) >= 11 is 0. The summed E-state index contributed by atoms with van der Waals surface area (Å²) in [5.74, 6) is 0.763. The molecule has 1 heteroatoms. The van der Waals surface area contributed by atoms with E-state index in [1.165, 1.54) is 25.7 Å². The van der Waals surface area contributed by atoms with Gasteiger partial charge >= 0.3 is 0 Å². The van der Waals surface area contributed by atoms with Gasteiger partial charge in [0.25, 0.3) is 0 Å². The van der Waals surface area contributed by atoms with Crippen molar-refractivity contribution in [3.8, 4) is 0 Å². The Morgan fingerprint density at radius 1 is 1.31 bits per heavy atom. The summed E-state index contributed by atoms with van der Waals surface area (Å²) in [4.78, 5) is 9.95. The van der Waals surface area contributed by atoms with E-state index in [0.29, 0.717) is 6.42 Å². The lowest BCUT2D eigenvalue weighted by molar-refractivity contribution is 0.461. The van der Waals surface area contributed by atoms with Crippen LogP contribution in [0.15, 0.2) is 12.2 Å². The maximum absolute atomic E-state index is 9.95. The summed E-state index contributed by atoms with van der Waals surface area (Å²) in [6.07, 6.45) is 12.8. The smallest absolute Gasteiger partial charge is 0.198 e. The third-order valence-electron chi connectivity index (χ3n) is 2.28. The Morgan fingerprint density at radius 2 is 2.00 bits per heavy atom. The summed E-state index contributed by atoms with van der Waals surface area (Å²) in [5.41, 5.74) is 0. The van der Waals surface area contributed by atoms with Crippen LogP contribution >= 0.6 is 0 Å². The Bertz CT molecular complexity index is 138. The van der Waals surface area contributed by atoms with E-state index in [1.54, 1.807) is 0 Å². The van der Waals surface area contributed by atoms with Crippen LogP contribution in [0.5, 0.6) is 0 Å². The number of allylic oxidation sites excluding steroid dienone is 2. The van der Waals surface area contributed by atoms with Crippen molar-refractivity contribution in [3.63, 3.8) is 0 Å². The number of hydrogen-bond donors (Lipinski definition) is 0. The monoisotopic (exact) mass is 181 g/mol. The van der Waals surface area contributed by atoms with E-state index in [9.17, 15) is 4.79 Å². The molecule has 1 nitrogen and oxygen atoms in total. The van der Waals surface area contributed by atoms with Gasteiger partial charge in [0, 0.05) is 6.42 Å². The van der Waals surface area contributed by atoms with Gasteiger partial charge in [-0.25, -0.2) is 0 Å². The van der Waals surface area contributed by atoms with E-state index >= 15 is 0 Å². The molecular weight excluding hydrogens is 160 g/mol. The maximum atomic E-state index is 9.95. The highest BCUT2D eigenvalue weighted by Crippen LogP contribution is 2.14. The first-order valence-electron chi connectivity index (χ1n) is 5.27. The fraction of sp³-hybridized carbons (Fsp3) is 0.750. The van der Waals surface area contributed by atoms with E-state index in [1.807, 2.05) is 6.29 Å². The summed E-state index contributed by atoms with van der Waals surface area (Å²) in [6, 6.07) is 0. The average Bonchev–Trinajstić information content (AvgIpc) is 2.13. The SMILES string of the molecule is CC=CCCCC(C)CCC[C]=O. The van der Waals surface area contributed by atoms with Gasteiger partial charge < -0.3 is 0 Å². The normalized spacial score (nSPS) is 13.4. The van der Waals surface area contributed by atoms with Crippen molar-refractivity contribution >= 4 is 6.29 Å². The Hall–Kier alpha value is -0.590. The lowest BCUT2D eigenvalue weighted by atomic mass is 9.98. The van der Waals surface area contributed by atoms with E-state index in [-0.39, 0.29) is 0 Å². The molecule has 0 N–H and O–H groups in total. The first-order chi connectivity index (χ1) is 6.31. The van der Waals surface area contributed by atoms with E-state index in [2.05, 4.69) is 26.0 Å². The van der Waals surface area contributed by atoms with Crippen molar-refractivity contribution in [1.82, 2.24) is 0 Å². The molecule has 0 bridgehead atoms. The number of rotatable bonds is 8. The molecule has 1 radical (unpaired) electrons. The lowest BCUT2D eigenvalue weighted by Gasteiger charge is -2.08. The highest BCUT2D eigenvalue weighted by atomic mass is 16.1. The van der Waals surface area contributed by atoms with Gasteiger partial charge in [-0.3, -0.25) is 4.79 Å². The molecule has 0 saturated heterocycles. The van der Waals surface area contributed by atoms with Gasteiger partial charge in [0.05, 0.1) is 0 Å². The van der Waals surface area contributed by atoms with Gasteiger partial charge in [-0.05, 0) is 32.1 Å². The van der Waals surface area contributed by atoms with Gasteiger partial charge in [0.2, 0.25) is 0 Å². The zero-order valence-corrected chi connectivity index (χ0v) is 8.88. The molecule has 0 fully saturated rings. The van der Waals surface area contributed by atoms with Gasteiger partial charge in [-0.15, -0.1) is 0 Å². The molecule has 0 aromatic heterocycles. The van der Waals surface area contributed by atoms with Crippen LogP contribution in [-0.4, -0.2) is 6.29 Å². The molecule has 1 atom stereocenters. The number of hydrogen-bond acceptors (Lipinski definition) is 1. The largest absolute Gasteiger partial charge is 0.291 e. The maximum Gasteiger partial charge on any atom is 0.198 e. The Morgan fingerprint density at radius 3 is 2.62 bits per heavy atom. The molecule has 13 heavy (non-hydrogen) atoms. The summed E-state index contributed by atoms with van der Waals surface area (Å²) in [5, 5.41) is 0. The van der Waals surface area contributed by atoms with Crippen LogP contribution in [-0.2, 0) is 4.79 Å². The molecule has 0 aromatic rings. The van der Waals surface area contributed by atoms with Crippen LogP contribution in [0.3, 0.4) is 0 Å². The summed E-state index contributed by atoms with van der Waals surface area (Å²) < 4.78 is 0. The van der Waals surface area contributed by atoms with Crippen molar-refractivity contribution in [2.45, 2.75) is 52.4 Å². The van der Waals surface area contributed by atoms with Crippen LogP contribution in [0.4, 0.5) is 0 Å². The van der Waals surface area contributed by atoms with Gasteiger partial charge in [0.15, 0.2) is 6.29 Å². The Balaban J connectivity index is 3.19. The van der Waals surface area contributed by atoms with Crippen LogP contribution in [0, 0.1) is 5.92 Å². The predicted octanol–water partition coefficient (Wildman–Crippen LogP) is 3.65. The van der Waals surface area contributed by atoms with Crippen LogP contribution in [0.1, 0.15) is 52.4 Å². The predicted molar refractivity (Wildman–Crippen MR) is 57.4 cm³/mol. The summed E-state index contributed by atoms with van der Waals surface area (Å²) in [6.45, 7) is 4.32. The van der Waals surface area contributed by atoms with Crippen molar-refractivity contribution in [2.75, 3.05) is 0 Å². The quantitative estimate of drug-likeness (QED) is 0.412. The van der Waals surface area contributed by atoms with E-state index in [0.717, 1.165) is 12.3 Å². The zero-order chi connectivity index (χ0) is 9.94. The second kappa shape index (κ2) is 9.50. The average molecular weight is 181 g/mol. The molecule has 0 aromatic carbocycles. The molecule has 0 saturated carbocycles. The Labute approximate surface area is 82.2 Å². The van der Waals surface area contributed by atoms with Crippen molar-refractivity contribution in [3.05, 3.63) is 12.2 Å². The lowest BCUT2D eigenvalue weighted by Crippen LogP contribution is -1.94. The van der Waals surface area contributed by atoms with Crippen LogP contribution in [0.25, 0.3) is 0 Å². The number of unbranched alkanes of at least 4 members (excludes halogenated alkanes) is 2.